The third-order valence-electron chi connectivity index (χ3n) is 5.54. The first-order valence-electron chi connectivity index (χ1n) is 10.3. The summed E-state index contributed by atoms with van der Waals surface area (Å²) in [5.41, 5.74) is 3.71. The van der Waals surface area contributed by atoms with Crippen molar-refractivity contribution in [1.29, 1.82) is 5.26 Å². The van der Waals surface area contributed by atoms with Crippen molar-refractivity contribution in [3.05, 3.63) is 86.7 Å². The SMILES string of the molecule is N#CC(=C1SC=C(c2ccc(Br)cc2)N1c1ccccc1)c1nnc2n1CCCCC2. The fourth-order valence-electron chi connectivity index (χ4n) is 4.01. The van der Waals surface area contributed by atoms with E-state index >= 15 is 0 Å². The molecule has 154 valence electrons. The zero-order valence-corrected chi connectivity index (χ0v) is 19.2. The molecule has 0 radical (unpaired) electrons. The number of hydrogen-bond acceptors (Lipinski definition) is 5. The minimum Gasteiger partial charge on any atom is -0.310 e. The van der Waals surface area contributed by atoms with Crippen LogP contribution in [0.2, 0.25) is 0 Å². The molecule has 5 rings (SSSR count). The van der Waals surface area contributed by atoms with Gasteiger partial charge in [0, 0.05) is 28.5 Å². The summed E-state index contributed by atoms with van der Waals surface area (Å²) in [5, 5.41) is 22.1. The van der Waals surface area contributed by atoms with Crippen LogP contribution in [-0.2, 0) is 13.0 Å². The zero-order valence-electron chi connectivity index (χ0n) is 16.8. The molecule has 0 atom stereocenters. The summed E-state index contributed by atoms with van der Waals surface area (Å²) in [4.78, 5) is 2.16. The van der Waals surface area contributed by atoms with Gasteiger partial charge in [-0.25, -0.2) is 0 Å². The number of hydrogen-bond donors (Lipinski definition) is 0. The maximum atomic E-state index is 10.2. The van der Waals surface area contributed by atoms with Crippen molar-refractivity contribution in [3.63, 3.8) is 0 Å². The Balaban J connectivity index is 1.65. The molecule has 3 heterocycles. The molecule has 31 heavy (non-hydrogen) atoms. The van der Waals surface area contributed by atoms with Crippen LogP contribution < -0.4 is 4.90 Å². The van der Waals surface area contributed by atoms with Gasteiger partial charge < -0.3 is 9.47 Å². The normalized spacial score (nSPS) is 17.5. The Bertz CT molecular complexity index is 1210. The number of benzene rings is 2. The molecule has 2 aliphatic heterocycles. The molecule has 0 spiro atoms. The highest BCUT2D eigenvalue weighted by atomic mass is 79.9. The Morgan fingerprint density at radius 3 is 2.58 bits per heavy atom. The van der Waals surface area contributed by atoms with Crippen molar-refractivity contribution in [2.45, 2.75) is 32.2 Å². The van der Waals surface area contributed by atoms with E-state index in [9.17, 15) is 5.26 Å². The van der Waals surface area contributed by atoms with E-state index in [2.05, 4.69) is 71.3 Å². The molecule has 2 aromatic carbocycles. The maximum Gasteiger partial charge on any atom is 0.177 e. The Hall–Kier alpha value is -2.82. The lowest BCUT2D eigenvalue weighted by molar-refractivity contribution is 0.627. The van der Waals surface area contributed by atoms with Crippen LogP contribution >= 0.6 is 27.7 Å². The first-order chi connectivity index (χ1) is 15.3. The highest BCUT2D eigenvalue weighted by molar-refractivity contribution is 9.10. The lowest BCUT2D eigenvalue weighted by Crippen LogP contribution is -2.18. The predicted octanol–water partition coefficient (Wildman–Crippen LogP) is 6.21. The van der Waals surface area contributed by atoms with Crippen LogP contribution in [0.3, 0.4) is 0 Å². The molecule has 0 bridgehead atoms. The van der Waals surface area contributed by atoms with Gasteiger partial charge in [0.15, 0.2) is 5.82 Å². The van der Waals surface area contributed by atoms with E-state index in [1.165, 1.54) is 6.42 Å². The van der Waals surface area contributed by atoms with Gasteiger partial charge in [-0.3, -0.25) is 0 Å². The zero-order chi connectivity index (χ0) is 21.2. The molecule has 0 fully saturated rings. The molecule has 5 nitrogen and oxygen atoms in total. The second-order valence-corrected chi connectivity index (χ2v) is 9.27. The molecule has 3 aromatic rings. The van der Waals surface area contributed by atoms with Gasteiger partial charge in [0.25, 0.3) is 0 Å². The molecule has 0 N–H and O–H groups in total. The number of anilines is 1. The number of nitriles is 1. The van der Waals surface area contributed by atoms with E-state index in [0.717, 1.165) is 58.1 Å². The molecule has 7 heteroatoms. The molecular weight excluding hydrogens is 470 g/mol. The smallest absolute Gasteiger partial charge is 0.177 e. The number of allylic oxidation sites excluding steroid dienone is 1. The van der Waals surface area contributed by atoms with E-state index in [0.29, 0.717) is 11.4 Å². The highest BCUT2D eigenvalue weighted by Gasteiger charge is 2.30. The number of nitrogens with zero attached hydrogens (tertiary/aromatic N) is 5. The van der Waals surface area contributed by atoms with Crippen molar-refractivity contribution in [2.75, 3.05) is 4.90 Å². The average Bonchev–Trinajstić information content (AvgIpc) is 3.33. The molecule has 0 amide bonds. The summed E-state index contributed by atoms with van der Waals surface area (Å²) in [6, 6.07) is 20.9. The van der Waals surface area contributed by atoms with Gasteiger partial charge in [0.1, 0.15) is 22.5 Å². The van der Waals surface area contributed by atoms with Crippen molar-refractivity contribution >= 4 is 44.6 Å². The number of rotatable bonds is 3. The van der Waals surface area contributed by atoms with Gasteiger partial charge in [-0.2, -0.15) is 5.26 Å². The predicted molar refractivity (Wildman–Crippen MR) is 129 cm³/mol. The summed E-state index contributed by atoms with van der Waals surface area (Å²) in [7, 11) is 0. The van der Waals surface area contributed by atoms with Crippen LogP contribution in [0.5, 0.6) is 0 Å². The standard InChI is InChI=1S/C24H20BrN5S/c25-18-12-10-17(11-13-18)21-16-31-24(30(21)19-7-3-1-4-8-19)20(15-26)23-28-27-22-9-5-2-6-14-29(22)23/h1,3-4,7-8,10-13,16H,2,5-6,9,14H2. The number of para-hydroxylation sites is 1. The van der Waals surface area contributed by atoms with Crippen molar-refractivity contribution < 1.29 is 0 Å². The molecule has 0 unspecified atom stereocenters. The van der Waals surface area contributed by atoms with Crippen molar-refractivity contribution in [3.8, 4) is 6.07 Å². The largest absolute Gasteiger partial charge is 0.310 e. The first-order valence-corrected chi connectivity index (χ1v) is 12.0. The second-order valence-electron chi connectivity index (χ2n) is 7.49. The van der Waals surface area contributed by atoms with Crippen molar-refractivity contribution in [1.82, 2.24) is 14.8 Å². The minimum atomic E-state index is 0.567. The molecule has 2 aliphatic rings. The monoisotopic (exact) mass is 489 g/mol. The fourth-order valence-corrected chi connectivity index (χ4v) is 5.30. The van der Waals surface area contributed by atoms with Crippen LogP contribution in [0.15, 0.2) is 69.5 Å². The summed E-state index contributed by atoms with van der Waals surface area (Å²) < 4.78 is 3.17. The van der Waals surface area contributed by atoms with E-state index in [-0.39, 0.29) is 0 Å². The lowest BCUT2D eigenvalue weighted by atomic mass is 10.1. The Morgan fingerprint density at radius 1 is 1.00 bits per heavy atom. The second kappa shape index (κ2) is 8.74. The molecule has 1 aromatic heterocycles. The number of aromatic nitrogens is 3. The van der Waals surface area contributed by atoms with Gasteiger partial charge in [0.2, 0.25) is 0 Å². The number of aryl methyl sites for hydroxylation is 1. The molecule has 0 saturated carbocycles. The van der Waals surface area contributed by atoms with Gasteiger partial charge in [0.05, 0.1) is 5.70 Å². The van der Waals surface area contributed by atoms with Crippen molar-refractivity contribution in [2.24, 2.45) is 0 Å². The Morgan fingerprint density at radius 2 is 1.81 bits per heavy atom. The average molecular weight is 490 g/mol. The third kappa shape index (κ3) is 3.82. The summed E-state index contributed by atoms with van der Waals surface area (Å²) >= 11 is 5.09. The van der Waals surface area contributed by atoms with Crippen LogP contribution in [0.25, 0.3) is 11.3 Å². The van der Waals surface area contributed by atoms with E-state index in [1.54, 1.807) is 11.8 Å². The van der Waals surface area contributed by atoms with Crippen LogP contribution in [0, 0.1) is 11.3 Å². The Labute approximate surface area is 194 Å². The lowest BCUT2D eigenvalue weighted by Gasteiger charge is -2.25. The number of fused-ring (bicyclic) bond motifs is 1. The van der Waals surface area contributed by atoms with Gasteiger partial charge in [-0.15, -0.1) is 10.2 Å². The third-order valence-corrected chi connectivity index (χ3v) is 7.02. The summed E-state index contributed by atoms with van der Waals surface area (Å²) in [5.74, 6) is 1.66. The maximum absolute atomic E-state index is 10.2. The van der Waals surface area contributed by atoms with Gasteiger partial charge >= 0.3 is 0 Å². The molecular formula is C24H20BrN5S. The van der Waals surface area contributed by atoms with Crippen LogP contribution in [0.4, 0.5) is 5.69 Å². The van der Waals surface area contributed by atoms with Gasteiger partial charge in [-0.05, 0) is 42.7 Å². The van der Waals surface area contributed by atoms with E-state index in [4.69, 9.17) is 0 Å². The Kier molecular flexibility index (Phi) is 5.66. The fraction of sp³-hybridized carbons (Fsp3) is 0.208. The molecule has 0 saturated heterocycles. The number of thioether (sulfide) groups is 1. The number of halogens is 1. The summed E-state index contributed by atoms with van der Waals surface area (Å²) in [6.45, 7) is 0.860. The minimum absolute atomic E-state index is 0.567. The van der Waals surface area contributed by atoms with Crippen LogP contribution in [-0.4, -0.2) is 14.8 Å². The van der Waals surface area contributed by atoms with Gasteiger partial charge in [-0.1, -0.05) is 64.4 Å². The first kappa shape index (κ1) is 20.1. The highest BCUT2D eigenvalue weighted by Crippen LogP contribution is 2.46. The topological polar surface area (TPSA) is 57.7 Å². The van der Waals surface area contributed by atoms with Crippen LogP contribution in [0.1, 0.15) is 36.5 Å². The quantitative estimate of drug-likeness (QED) is 0.409. The van der Waals surface area contributed by atoms with E-state index in [1.807, 2.05) is 30.3 Å². The molecule has 0 aliphatic carbocycles. The summed E-state index contributed by atoms with van der Waals surface area (Å²) in [6.07, 6.45) is 4.31. The van der Waals surface area contributed by atoms with E-state index < -0.39 is 0 Å².